The molecule has 2 aliphatic rings. The lowest BCUT2D eigenvalue weighted by Crippen LogP contribution is -2.44. The number of aryl methyl sites for hydroxylation is 1. The van der Waals surface area contributed by atoms with Gasteiger partial charge in [0.25, 0.3) is 0 Å². The van der Waals surface area contributed by atoms with Crippen LogP contribution in [0, 0.1) is 0 Å². The lowest BCUT2D eigenvalue weighted by molar-refractivity contribution is -0.135. The Morgan fingerprint density at radius 3 is 3.05 bits per heavy atom. The Morgan fingerprint density at radius 1 is 1.30 bits per heavy atom. The molecule has 0 radical (unpaired) electrons. The molecule has 0 N–H and O–H groups in total. The lowest BCUT2D eigenvalue weighted by atomic mass is 9.86. The molecule has 1 saturated heterocycles. The summed E-state index contributed by atoms with van der Waals surface area (Å²) in [6, 6.07) is 2.41. The highest BCUT2D eigenvalue weighted by molar-refractivity contribution is 7.10. The molecule has 1 aliphatic carbocycles. The van der Waals surface area contributed by atoms with Crippen LogP contribution in [0.4, 0.5) is 0 Å². The number of hydrogen-bond donors (Lipinski definition) is 0. The van der Waals surface area contributed by atoms with E-state index in [4.69, 9.17) is 11.6 Å². The Hall–Kier alpha value is -0.540. The number of thiophene rings is 1. The van der Waals surface area contributed by atoms with Crippen molar-refractivity contribution in [2.24, 2.45) is 0 Å². The van der Waals surface area contributed by atoms with Gasteiger partial charge in [-0.3, -0.25) is 4.79 Å². The average Bonchev–Trinajstić information content (AvgIpc) is 2.83. The minimum absolute atomic E-state index is 0.0915. The quantitative estimate of drug-likeness (QED) is 0.750. The fourth-order valence-electron chi connectivity index (χ4n) is 3.57. The summed E-state index contributed by atoms with van der Waals surface area (Å²) in [4.78, 5) is 16.5. The van der Waals surface area contributed by atoms with Gasteiger partial charge >= 0.3 is 0 Å². The maximum Gasteiger partial charge on any atom is 0.230 e. The first-order valence-electron chi connectivity index (χ1n) is 7.74. The number of likely N-dealkylation sites (tertiary alicyclic amines) is 1. The largest absolute Gasteiger partial charge is 0.338 e. The van der Waals surface area contributed by atoms with Crippen LogP contribution in [0.2, 0.25) is 0 Å². The monoisotopic (exact) mass is 311 g/mol. The molecule has 20 heavy (non-hydrogen) atoms. The molecule has 1 aromatic heterocycles. The van der Waals surface area contributed by atoms with Crippen LogP contribution in [-0.2, 0) is 11.2 Å². The third kappa shape index (κ3) is 2.75. The standard InChI is InChI=1S/C16H22ClNOS/c17-11-12-5-2-1-3-9-18(12)16(19)14-6-4-7-15-13(14)8-10-20-15/h8,10,12,14H,1-7,9,11H2. The number of alkyl halides is 1. The third-order valence-corrected chi connectivity index (χ3v) is 6.04. The zero-order valence-corrected chi connectivity index (χ0v) is 13.4. The average molecular weight is 312 g/mol. The van der Waals surface area contributed by atoms with Crippen molar-refractivity contribution in [3.05, 3.63) is 21.9 Å². The minimum atomic E-state index is 0.0915. The Labute approximate surface area is 130 Å². The van der Waals surface area contributed by atoms with Gasteiger partial charge in [0.1, 0.15) is 0 Å². The Bertz CT molecular complexity index is 473. The van der Waals surface area contributed by atoms with E-state index in [1.807, 2.05) is 11.3 Å². The van der Waals surface area contributed by atoms with Crippen molar-refractivity contribution in [2.75, 3.05) is 12.4 Å². The highest BCUT2D eigenvalue weighted by Gasteiger charge is 2.33. The highest BCUT2D eigenvalue weighted by atomic mass is 35.5. The van der Waals surface area contributed by atoms with Crippen LogP contribution in [0.5, 0.6) is 0 Å². The molecular formula is C16H22ClNOS. The summed E-state index contributed by atoms with van der Waals surface area (Å²) >= 11 is 7.92. The van der Waals surface area contributed by atoms with Crippen LogP contribution in [0.1, 0.15) is 54.9 Å². The predicted octanol–water partition coefficient (Wildman–Crippen LogP) is 4.18. The summed E-state index contributed by atoms with van der Waals surface area (Å²) in [5, 5.41) is 2.14. The molecule has 110 valence electrons. The molecule has 2 unspecified atom stereocenters. The summed E-state index contributed by atoms with van der Waals surface area (Å²) in [6.07, 6.45) is 7.93. The zero-order chi connectivity index (χ0) is 13.9. The number of carbonyl (C=O) groups excluding carboxylic acids is 1. The summed E-state index contributed by atoms with van der Waals surface area (Å²) < 4.78 is 0. The van der Waals surface area contributed by atoms with E-state index in [1.54, 1.807) is 0 Å². The minimum Gasteiger partial charge on any atom is -0.338 e. The second-order valence-corrected chi connectivity index (χ2v) is 7.24. The first-order valence-corrected chi connectivity index (χ1v) is 9.15. The third-order valence-electron chi connectivity index (χ3n) is 4.69. The van der Waals surface area contributed by atoms with Crippen LogP contribution < -0.4 is 0 Å². The normalized spacial score (nSPS) is 26.9. The summed E-state index contributed by atoms with van der Waals surface area (Å²) in [6.45, 7) is 0.895. The van der Waals surface area contributed by atoms with Gasteiger partial charge in [0.15, 0.2) is 0 Å². The number of nitrogens with zero attached hydrogens (tertiary/aromatic N) is 1. The van der Waals surface area contributed by atoms with E-state index < -0.39 is 0 Å². The second-order valence-electron chi connectivity index (χ2n) is 5.93. The smallest absolute Gasteiger partial charge is 0.230 e. The molecule has 1 aliphatic heterocycles. The number of amides is 1. The van der Waals surface area contributed by atoms with Gasteiger partial charge in [0, 0.05) is 23.3 Å². The van der Waals surface area contributed by atoms with Crippen LogP contribution in [0.25, 0.3) is 0 Å². The Kier molecular flexibility index (Phi) is 4.67. The van der Waals surface area contributed by atoms with Gasteiger partial charge in [0.2, 0.25) is 5.91 Å². The van der Waals surface area contributed by atoms with Gasteiger partial charge in [-0.25, -0.2) is 0 Å². The summed E-state index contributed by atoms with van der Waals surface area (Å²) in [5.74, 6) is 1.00. The number of hydrogen-bond acceptors (Lipinski definition) is 2. The molecule has 4 heteroatoms. The van der Waals surface area contributed by atoms with Crippen LogP contribution in [-0.4, -0.2) is 29.3 Å². The maximum absolute atomic E-state index is 13.0. The van der Waals surface area contributed by atoms with E-state index in [2.05, 4.69) is 16.3 Å². The molecule has 0 bridgehead atoms. The molecule has 1 fully saturated rings. The lowest BCUT2D eigenvalue weighted by Gasteiger charge is -2.33. The first kappa shape index (κ1) is 14.4. The van der Waals surface area contributed by atoms with E-state index in [9.17, 15) is 4.79 Å². The molecule has 1 aromatic rings. The molecule has 2 nitrogen and oxygen atoms in total. The topological polar surface area (TPSA) is 20.3 Å². The first-order chi connectivity index (χ1) is 9.81. The molecule has 1 amide bonds. The highest BCUT2D eigenvalue weighted by Crippen LogP contribution is 2.37. The fourth-order valence-corrected chi connectivity index (χ4v) is 4.88. The Morgan fingerprint density at radius 2 is 2.20 bits per heavy atom. The van der Waals surface area contributed by atoms with Crippen molar-refractivity contribution in [3.63, 3.8) is 0 Å². The van der Waals surface area contributed by atoms with Gasteiger partial charge in [-0.15, -0.1) is 22.9 Å². The summed E-state index contributed by atoms with van der Waals surface area (Å²) in [5.41, 5.74) is 1.30. The number of halogens is 1. The van der Waals surface area contributed by atoms with E-state index in [0.717, 1.165) is 38.6 Å². The number of carbonyl (C=O) groups is 1. The zero-order valence-electron chi connectivity index (χ0n) is 11.8. The second kappa shape index (κ2) is 6.48. The van der Waals surface area contributed by atoms with E-state index in [0.29, 0.717) is 11.8 Å². The maximum atomic E-state index is 13.0. The van der Waals surface area contributed by atoms with Crippen molar-refractivity contribution in [3.8, 4) is 0 Å². The van der Waals surface area contributed by atoms with Crippen LogP contribution in [0.15, 0.2) is 11.4 Å². The van der Waals surface area contributed by atoms with Crippen molar-refractivity contribution in [1.82, 2.24) is 4.90 Å². The van der Waals surface area contributed by atoms with Crippen molar-refractivity contribution in [2.45, 2.75) is 56.9 Å². The molecule has 2 heterocycles. The molecule has 0 spiro atoms. The van der Waals surface area contributed by atoms with Crippen molar-refractivity contribution >= 4 is 28.8 Å². The molecule has 2 atom stereocenters. The number of rotatable bonds is 2. The van der Waals surface area contributed by atoms with Crippen molar-refractivity contribution < 1.29 is 4.79 Å². The molecule has 3 rings (SSSR count). The SMILES string of the molecule is O=C(C1CCCc2sccc21)N1CCCCCC1CCl. The molecule has 0 saturated carbocycles. The number of fused-ring (bicyclic) bond motifs is 1. The van der Waals surface area contributed by atoms with Gasteiger partial charge < -0.3 is 4.90 Å². The predicted molar refractivity (Wildman–Crippen MR) is 84.7 cm³/mol. The van der Waals surface area contributed by atoms with E-state index in [-0.39, 0.29) is 12.0 Å². The van der Waals surface area contributed by atoms with Gasteiger partial charge in [-0.1, -0.05) is 12.8 Å². The van der Waals surface area contributed by atoms with E-state index >= 15 is 0 Å². The summed E-state index contributed by atoms with van der Waals surface area (Å²) in [7, 11) is 0. The van der Waals surface area contributed by atoms with Crippen molar-refractivity contribution in [1.29, 1.82) is 0 Å². The fraction of sp³-hybridized carbons (Fsp3) is 0.688. The van der Waals surface area contributed by atoms with Gasteiger partial charge in [0.05, 0.1) is 5.92 Å². The van der Waals surface area contributed by atoms with E-state index in [1.165, 1.54) is 23.3 Å². The van der Waals surface area contributed by atoms with Crippen LogP contribution >= 0.6 is 22.9 Å². The van der Waals surface area contributed by atoms with Gasteiger partial charge in [-0.05, 0) is 49.1 Å². The van der Waals surface area contributed by atoms with Gasteiger partial charge in [-0.2, -0.15) is 0 Å². The molecule has 0 aromatic carbocycles. The Balaban J connectivity index is 1.81. The molecular weight excluding hydrogens is 290 g/mol. The van der Waals surface area contributed by atoms with Crippen LogP contribution in [0.3, 0.4) is 0 Å².